The molecule has 2 fully saturated rings. The lowest BCUT2D eigenvalue weighted by Gasteiger charge is -2.30. The van der Waals surface area contributed by atoms with Crippen molar-refractivity contribution >= 4 is 11.0 Å². The van der Waals surface area contributed by atoms with Gasteiger partial charge in [0.05, 0.1) is 0 Å². The number of fused-ring (bicyclic) bond motifs is 1. The average molecular weight is 287 g/mol. The Kier molecular flexibility index (Phi) is 3.46. The third-order valence-corrected chi connectivity index (χ3v) is 5.02. The van der Waals surface area contributed by atoms with Crippen LogP contribution < -0.4 is 5.32 Å². The molecule has 0 amide bonds. The standard InChI is InChI=1S/C18H22FNO/c19-14-5-8-17-13(9-14)10-18(21-17)16-4-2-1-3-12(16)11-20-15-6-7-15/h5,8-10,12,15-16,20H,1-4,6-7,11H2. The first kappa shape index (κ1) is 13.3. The maximum absolute atomic E-state index is 13.3. The molecule has 0 radical (unpaired) electrons. The summed E-state index contributed by atoms with van der Waals surface area (Å²) in [4.78, 5) is 0. The molecule has 2 nitrogen and oxygen atoms in total. The Hall–Kier alpha value is -1.35. The van der Waals surface area contributed by atoms with Gasteiger partial charge in [0.15, 0.2) is 0 Å². The first-order valence-electron chi connectivity index (χ1n) is 8.22. The third-order valence-electron chi connectivity index (χ3n) is 5.02. The van der Waals surface area contributed by atoms with Crippen LogP contribution in [0.1, 0.15) is 50.2 Å². The molecule has 4 rings (SSSR count). The zero-order valence-electron chi connectivity index (χ0n) is 12.3. The summed E-state index contributed by atoms with van der Waals surface area (Å²) in [5, 5.41) is 4.56. The van der Waals surface area contributed by atoms with E-state index in [0.717, 1.165) is 29.3 Å². The van der Waals surface area contributed by atoms with E-state index in [1.807, 2.05) is 0 Å². The van der Waals surface area contributed by atoms with Gasteiger partial charge in [0.2, 0.25) is 0 Å². The van der Waals surface area contributed by atoms with Gasteiger partial charge in [-0.25, -0.2) is 4.39 Å². The summed E-state index contributed by atoms with van der Waals surface area (Å²) in [7, 11) is 0. The van der Waals surface area contributed by atoms with Crippen molar-refractivity contribution in [3.05, 3.63) is 35.8 Å². The van der Waals surface area contributed by atoms with Crippen molar-refractivity contribution in [1.29, 1.82) is 0 Å². The van der Waals surface area contributed by atoms with Crippen LogP contribution in [0.15, 0.2) is 28.7 Å². The second-order valence-corrected chi connectivity index (χ2v) is 6.66. The summed E-state index contributed by atoms with van der Waals surface area (Å²) in [6, 6.07) is 7.61. The lowest BCUT2D eigenvalue weighted by atomic mass is 9.78. The molecular formula is C18H22FNO. The molecule has 2 unspecified atom stereocenters. The van der Waals surface area contributed by atoms with Gasteiger partial charge >= 0.3 is 0 Å². The molecule has 1 heterocycles. The Balaban J connectivity index is 1.57. The molecular weight excluding hydrogens is 265 g/mol. The molecule has 0 aliphatic heterocycles. The topological polar surface area (TPSA) is 25.2 Å². The van der Waals surface area contributed by atoms with Crippen LogP contribution in [0.5, 0.6) is 0 Å². The molecule has 2 saturated carbocycles. The fraction of sp³-hybridized carbons (Fsp3) is 0.556. The van der Waals surface area contributed by atoms with Gasteiger partial charge in [-0.05, 0) is 62.4 Å². The van der Waals surface area contributed by atoms with Gasteiger partial charge in [-0.3, -0.25) is 0 Å². The van der Waals surface area contributed by atoms with Crippen LogP contribution in [-0.2, 0) is 0 Å². The highest BCUT2D eigenvalue weighted by Gasteiger charge is 2.31. The SMILES string of the molecule is Fc1ccc2oc(C3CCCCC3CNC3CC3)cc2c1. The molecule has 112 valence electrons. The highest BCUT2D eigenvalue weighted by atomic mass is 19.1. The number of hydrogen-bond acceptors (Lipinski definition) is 2. The summed E-state index contributed by atoms with van der Waals surface area (Å²) in [5.74, 6) is 2.01. The van der Waals surface area contributed by atoms with Crippen molar-refractivity contribution in [3.8, 4) is 0 Å². The molecule has 2 aliphatic carbocycles. The van der Waals surface area contributed by atoms with E-state index in [1.54, 1.807) is 12.1 Å². The van der Waals surface area contributed by atoms with Gasteiger partial charge in [0, 0.05) is 17.3 Å². The highest BCUT2D eigenvalue weighted by Crippen LogP contribution is 2.40. The smallest absolute Gasteiger partial charge is 0.134 e. The fourth-order valence-corrected chi connectivity index (χ4v) is 3.65. The van der Waals surface area contributed by atoms with Crippen molar-refractivity contribution in [2.24, 2.45) is 5.92 Å². The van der Waals surface area contributed by atoms with Crippen LogP contribution in [0.3, 0.4) is 0 Å². The molecule has 2 aromatic rings. The van der Waals surface area contributed by atoms with Gasteiger partial charge in [0.25, 0.3) is 0 Å². The highest BCUT2D eigenvalue weighted by molar-refractivity contribution is 5.78. The van der Waals surface area contributed by atoms with Crippen molar-refractivity contribution in [2.75, 3.05) is 6.54 Å². The van der Waals surface area contributed by atoms with Gasteiger partial charge in [-0.1, -0.05) is 12.8 Å². The molecule has 21 heavy (non-hydrogen) atoms. The largest absolute Gasteiger partial charge is 0.461 e. The lowest BCUT2D eigenvalue weighted by Crippen LogP contribution is -2.30. The molecule has 0 spiro atoms. The number of nitrogens with one attached hydrogen (secondary N) is 1. The van der Waals surface area contributed by atoms with E-state index in [9.17, 15) is 4.39 Å². The lowest BCUT2D eigenvalue weighted by molar-refractivity contribution is 0.267. The van der Waals surface area contributed by atoms with Crippen molar-refractivity contribution < 1.29 is 8.81 Å². The second-order valence-electron chi connectivity index (χ2n) is 6.66. The molecule has 1 aromatic carbocycles. The summed E-state index contributed by atoms with van der Waals surface area (Å²) < 4.78 is 19.4. The summed E-state index contributed by atoms with van der Waals surface area (Å²) in [6.45, 7) is 1.10. The fourth-order valence-electron chi connectivity index (χ4n) is 3.65. The predicted molar refractivity (Wildman–Crippen MR) is 81.9 cm³/mol. The number of furan rings is 1. The minimum absolute atomic E-state index is 0.189. The average Bonchev–Trinajstić information content (AvgIpc) is 3.23. The van der Waals surface area contributed by atoms with E-state index in [4.69, 9.17) is 4.42 Å². The summed E-state index contributed by atoms with van der Waals surface area (Å²) >= 11 is 0. The van der Waals surface area contributed by atoms with Crippen LogP contribution in [0, 0.1) is 11.7 Å². The first-order chi connectivity index (χ1) is 10.3. The maximum atomic E-state index is 13.3. The number of hydrogen-bond donors (Lipinski definition) is 1. The second kappa shape index (κ2) is 5.45. The van der Waals surface area contributed by atoms with Crippen LogP contribution in [0.4, 0.5) is 4.39 Å². The van der Waals surface area contributed by atoms with Crippen LogP contribution in [0.25, 0.3) is 11.0 Å². The molecule has 2 aliphatic rings. The van der Waals surface area contributed by atoms with Gasteiger partial charge < -0.3 is 9.73 Å². The zero-order chi connectivity index (χ0) is 14.2. The number of halogens is 1. The molecule has 0 saturated heterocycles. The Bertz CT molecular complexity index is 631. The number of benzene rings is 1. The number of rotatable bonds is 4. The van der Waals surface area contributed by atoms with Crippen LogP contribution in [0.2, 0.25) is 0 Å². The molecule has 2 atom stereocenters. The van der Waals surface area contributed by atoms with E-state index in [2.05, 4.69) is 11.4 Å². The minimum atomic E-state index is -0.189. The van der Waals surface area contributed by atoms with Gasteiger partial charge in [-0.15, -0.1) is 0 Å². The Morgan fingerprint density at radius 3 is 2.81 bits per heavy atom. The van der Waals surface area contributed by atoms with E-state index < -0.39 is 0 Å². The molecule has 3 heteroatoms. The van der Waals surface area contributed by atoms with E-state index >= 15 is 0 Å². The molecule has 0 bridgehead atoms. The Labute approximate surface area is 124 Å². The van der Waals surface area contributed by atoms with Crippen molar-refractivity contribution in [3.63, 3.8) is 0 Å². The van der Waals surface area contributed by atoms with Crippen molar-refractivity contribution in [1.82, 2.24) is 5.32 Å². The van der Waals surface area contributed by atoms with E-state index in [-0.39, 0.29) is 5.82 Å². The molecule has 1 N–H and O–H groups in total. The summed E-state index contributed by atoms with van der Waals surface area (Å²) in [6.07, 6.45) is 7.73. The minimum Gasteiger partial charge on any atom is -0.461 e. The monoisotopic (exact) mass is 287 g/mol. The van der Waals surface area contributed by atoms with Gasteiger partial charge in [0.1, 0.15) is 17.2 Å². The van der Waals surface area contributed by atoms with E-state index in [0.29, 0.717) is 11.8 Å². The van der Waals surface area contributed by atoms with Crippen LogP contribution >= 0.6 is 0 Å². The quantitative estimate of drug-likeness (QED) is 0.889. The first-order valence-corrected chi connectivity index (χ1v) is 8.22. The van der Waals surface area contributed by atoms with Crippen LogP contribution in [-0.4, -0.2) is 12.6 Å². The predicted octanol–water partition coefficient (Wildman–Crippen LogP) is 4.60. The molecule has 1 aromatic heterocycles. The Morgan fingerprint density at radius 1 is 1.10 bits per heavy atom. The van der Waals surface area contributed by atoms with Crippen molar-refractivity contribution in [2.45, 2.75) is 50.5 Å². The maximum Gasteiger partial charge on any atom is 0.134 e. The van der Waals surface area contributed by atoms with Gasteiger partial charge in [-0.2, -0.15) is 0 Å². The Morgan fingerprint density at radius 2 is 1.95 bits per heavy atom. The zero-order valence-corrected chi connectivity index (χ0v) is 12.3. The third kappa shape index (κ3) is 2.84. The normalized spacial score (nSPS) is 26.3. The summed E-state index contributed by atoms with van der Waals surface area (Å²) in [5.41, 5.74) is 0.811. The van der Waals surface area contributed by atoms with E-state index in [1.165, 1.54) is 44.6 Å².